The molecule has 0 aromatic carbocycles. The summed E-state index contributed by atoms with van der Waals surface area (Å²) in [4.78, 5) is 36.3. The maximum absolute atomic E-state index is 12.8. The second-order valence-electron chi connectivity index (χ2n) is 15.4. The highest BCUT2D eigenvalue weighted by Crippen LogP contribution is 2.16. The fourth-order valence-electron chi connectivity index (χ4n) is 6.42. The predicted octanol–water partition coefficient (Wildman–Crippen LogP) is 13.7. The molecule has 0 rings (SSSR count). The molecule has 0 spiro atoms. The number of nitrogens with two attached hydrogens (primary N) is 1. The average molecular weight is 807 g/mol. The van der Waals surface area contributed by atoms with Crippen LogP contribution in [0.25, 0.3) is 0 Å². The summed E-state index contributed by atoms with van der Waals surface area (Å²) in [5.74, 6) is -1.30. The van der Waals surface area contributed by atoms with Gasteiger partial charge in [0, 0.05) is 12.8 Å². The number of carboxylic acids is 1. The van der Waals surface area contributed by atoms with Crippen molar-refractivity contribution in [3.63, 3.8) is 0 Å². The number of rotatable bonds is 41. The highest BCUT2D eigenvalue weighted by Gasteiger charge is 2.18. The van der Waals surface area contributed by atoms with Crippen LogP contribution in [-0.4, -0.2) is 41.6 Å². The molecule has 0 heterocycles. The Bertz CT molecular complexity index is 1180. The summed E-state index contributed by atoms with van der Waals surface area (Å²) in [5.41, 5.74) is 5.48. The lowest BCUT2D eigenvalue weighted by atomic mass is 10.0. The molecule has 0 saturated heterocycles. The first kappa shape index (κ1) is 54.6. The molecule has 2 atom stereocenters. The number of aliphatic carboxylic acids is 1. The molecule has 0 aromatic rings. The van der Waals surface area contributed by atoms with Gasteiger partial charge < -0.3 is 20.9 Å². The van der Waals surface area contributed by atoms with Gasteiger partial charge >= 0.3 is 11.9 Å². The quantitative estimate of drug-likeness (QED) is 0.0322. The van der Waals surface area contributed by atoms with E-state index in [2.05, 4.69) is 104 Å². The minimum atomic E-state index is -1.01. The summed E-state index contributed by atoms with van der Waals surface area (Å²) in [5, 5.41) is 11.9. The third-order valence-corrected chi connectivity index (χ3v) is 9.93. The van der Waals surface area contributed by atoms with Crippen molar-refractivity contribution in [2.75, 3.05) is 6.54 Å². The van der Waals surface area contributed by atoms with Gasteiger partial charge in [-0.15, -0.1) is 0 Å². The van der Waals surface area contributed by atoms with Crippen molar-refractivity contribution in [2.24, 2.45) is 5.73 Å². The van der Waals surface area contributed by atoms with Crippen LogP contribution in [0.4, 0.5) is 0 Å². The van der Waals surface area contributed by atoms with E-state index in [1.165, 1.54) is 38.5 Å². The molecule has 0 aliphatic heterocycles. The zero-order chi connectivity index (χ0) is 42.4. The van der Waals surface area contributed by atoms with Crippen molar-refractivity contribution in [2.45, 2.75) is 212 Å². The summed E-state index contributed by atoms with van der Waals surface area (Å²) in [6.45, 7) is 4.81. The third kappa shape index (κ3) is 40.7. The third-order valence-electron chi connectivity index (χ3n) is 9.93. The normalized spacial score (nSPS) is 13.4. The van der Waals surface area contributed by atoms with Crippen LogP contribution in [0, 0.1) is 0 Å². The van der Waals surface area contributed by atoms with Gasteiger partial charge in [0.25, 0.3) is 0 Å². The van der Waals surface area contributed by atoms with Crippen LogP contribution in [0.3, 0.4) is 0 Å². The molecular formula is C51H86N2O5. The van der Waals surface area contributed by atoms with Crippen molar-refractivity contribution < 1.29 is 24.2 Å². The molecule has 4 N–H and O–H groups in total. The number of carboxylic acid groups (broad SMARTS) is 1. The van der Waals surface area contributed by atoms with Crippen molar-refractivity contribution in [1.82, 2.24) is 5.32 Å². The van der Waals surface area contributed by atoms with Crippen molar-refractivity contribution in [3.05, 3.63) is 85.1 Å². The van der Waals surface area contributed by atoms with Crippen LogP contribution in [0.15, 0.2) is 85.1 Å². The number of nitrogens with one attached hydrogen (secondary N) is 1. The Morgan fingerprint density at radius 1 is 0.534 bits per heavy atom. The molecule has 7 nitrogen and oxygen atoms in total. The minimum Gasteiger partial charge on any atom is -0.480 e. The molecule has 0 aliphatic rings. The number of hydrogen-bond donors (Lipinski definition) is 3. The molecule has 2 unspecified atom stereocenters. The van der Waals surface area contributed by atoms with Crippen LogP contribution >= 0.6 is 0 Å². The highest BCUT2D eigenvalue weighted by molar-refractivity contribution is 5.83. The Labute approximate surface area is 355 Å². The van der Waals surface area contributed by atoms with Gasteiger partial charge in [0.05, 0.1) is 0 Å². The van der Waals surface area contributed by atoms with Crippen molar-refractivity contribution >= 4 is 17.8 Å². The van der Waals surface area contributed by atoms with Gasteiger partial charge in [0.1, 0.15) is 12.1 Å². The maximum Gasteiger partial charge on any atom is 0.326 e. The number of carbonyl (C=O) groups is 3. The van der Waals surface area contributed by atoms with Crippen LogP contribution < -0.4 is 11.1 Å². The maximum atomic E-state index is 12.8. The molecule has 0 saturated carbocycles. The van der Waals surface area contributed by atoms with E-state index in [0.717, 1.165) is 122 Å². The Morgan fingerprint density at radius 2 is 1.00 bits per heavy atom. The molecule has 330 valence electrons. The lowest BCUT2D eigenvalue weighted by Gasteiger charge is -2.15. The van der Waals surface area contributed by atoms with Crippen molar-refractivity contribution in [1.29, 1.82) is 0 Å². The number of amides is 1. The zero-order valence-electron chi connectivity index (χ0n) is 37.1. The first-order valence-electron chi connectivity index (χ1n) is 23.4. The summed E-state index contributed by atoms with van der Waals surface area (Å²) < 4.78 is 5.96. The second-order valence-corrected chi connectivity index (χ2v) is 15.4. The van der Waals surface area contributed by atoms with Crippen LogP contribution in [0.1, 0.15) is 200 Å². The summed E-state index contributed by atoms with van der Waals surface area (Å²) >= 11 is 0. The summed E-state index contributed by atoms with van der Waals surface area (Å²) in [6.07, 6.45) is 59.4. The lowest BCUT2D eigenvalue weighted by Crippen LogP contribution is -2.40. The van der Waals surface area contributed by atoms with E-state index >= 15 is 0 Å². The lowest BCUT2D eigenvalue weighted by molar-refractivity contribution is -0.147. The van der Waals surface area contributed by atoms with Gasteiger partial charge in [-0.3, -0.25) is 9.59 Å². The molecule has 0 radical (unpaired) electrons. The van der Waals surface area contributed by atoms with E-state index in [4.69, 9.17) is 10.5 Å². The fraction of sp³-hybridized carbons (Fsp3) is 0.667. The first-order chi connectivity index (χ1) is 28.4. The van der Waals surface area contributed by atoms with Crippen LogP contribution in [-0.2, 0) is 19.1 Å². The smallest absolute Gasteiger partial charge is 0.326 e. The zero-order valence-corrected chi connectivity index (χ0v) is 37.1. The number of ether oxygens (including phenoxy) is 1. The highest BCUT2D eigenvalue weighted by atomic mass is 16.5. The molecule has 0 bridgehead atoms. The SMILES string of the molecule is CC/C=C\C/C=C\C/C=C\C/C=C\C/C=C\C/C=C\CCCCCCC(=O)OC(/C=C\CCCCCCCC)CCCCCCCCC(=O)NC(CCCN)C(=O)O. The van der Waals surface area contributed by atoms with E-state index in [-0.39, 0.29) is 18.0 Å². The van der Waals surface area contributed by atoms with E-state index in [0.29, 0.717) is 32.2 Å². The minimum absolute atomic E-state index is 0.0855. The number of carbonyl (C=O) groups excluding carboxylic acids is 2. The Morgan fingerprint density at radius 3 is 1.53 bits per heavy atom. The van der Waals surface area contributed by atoms with E-state index in [1.807, 2.05) is 0 Å². The standard InChI is InChI=1S/C51H86N2O5/c1-3-5-7-9-11-13-14-15-16-17-18-19-20-21-22-23-24-25-26-27-29-35-39-45-50(55)58-47(41-36-32-28-12-10-8-6-4-2)42-37-33-30-31-34-38-44-49(54)53-48(51(56)57)43-40-46-52/h5,7,11,13,15-16,18-19,21-22,24-25,36,41,47-48H,3-4,6,8-10,12,14,17,20,23,26-35,37-40,42-46,52H2,1-2H3,(H,53,54)(H,56,57)/b7-5-,13-11-,16-15-,19-18-,22-21-,25-24-,41-36-. The predicted molar refractivity (Wildman–Crippen MR) is 248 cm³/mol. The number of unbranched alkanes of at least 4 members (excludes halogenated alkanes) is 15. The summed E-state index contributed by atoms with van der Waals surface area (Å²) in [6, 6.07) is -0.859. The topological polar surface area (TPSA) is 119 Å². The van der Waals surface area contributed by atoms with Gasteiger partial charge in [-0.2, -0.15) is 0 Å². The monoisotopic (exact) mass is 807 g/mol. The van der Waals surface area contributed by atoms with Gasteiger partial charge in [-0.05, 0) is 115 Å². The Balaban J connectivity index is 4.25. The number of allylic oxidation sites excluding steroid dienone is 13. The molecule has 58 heavy (non-hydrogen) atoms. The Kier molecular flexibility index (Phi) is 42.0. The molecule has 0 aromatic heterocycles. The fourth-order valence-corrected chi connectivity index (χ4v) is 6.42. The molecule has 1 amide bonds. The van der Waals surface area contributed by atoms with Gasteiger partial charge in [0.2, 0.25) is 5.91 Å². The average Bonchev–Trinajstić information content (AvgIpc) is 3.21. The van der Waals surface area contributed by atoms with Gasteiger partial charge in [0.15, 0.2) is 0 Å². The molecular weight excluding hydrogens is 721 g/mol. The molecule has 7 heteroatoms. The van der Waals surface area contributed by atoms with E-state index < -0.39 is 12.0 Å². The van der Waals surface area contributed by atoms with E-state index in [1.54, 1.807) is 0 Å². The number of hydrogen-bond acceptors (Lipinski definition) is 5. The first-order valence-corrected chi connectivity index (χ1v) is 23.4. The Hall–Kier alpha value is -3.45. The largest absolute Gasteiger partial charge is 0.480 e. The number of esters is 1. The molecule has 0 aliphatic carbocycles. The van der Waals surface area contributed by atoms with E-state index in [9.17, 15) is 19.5 Å². The van der Waals surface area contributed by atoms with Crippen LogP contribution in [0.2, 0.25) is 0 Å². The van der Waals surface area contributed by atoms with Gasteiger partial charge in [-0.1, -0.05) is 163 Å². The van der Waals surface area contributed by atoms with Crippen molar-refractivity contribution in [3.8, 4) is 0 Å². The van der Waals surface area contributed by atoms with Gasteiger partial charge in [-0.25, -0.2) is 4.79 Å². The molecule has 0 fully saturated rings. The summed E-state index contributed by atoms with van der Waals surface area (Å²) in [7, 11) is 0. The van der Waals surface area contributed by atoms with Crippen LogP contribution in [0.5, 0.6) is 0 Å². The second kappa shape index (κ2) is 44.6.